The molecule has 0 heterocycles. The number of aliphatic hydroxyl groups excluding tert-OH is 1. The number of hydrogen-bond acceptors (Lipinski definition) is 3. The van der Waals surface area contributed by atoms with E-state index >= 15 is 0 Å². The Kier molecular flexibility index (Phi) is 15.6. The molecule has 3 nitrogen and oxygen atoms in total. The van der Waals surface area contributed by atoms with Gasteiger partial charge in [-0.2, -0.15) is 0 Å². The topological polar surface area (TPSA) is 46.5 Å². The predicted molar refractivity (Wildman–Crippen MR) is 83.6 cm³/mol. The average Bonchev–Trinajstić information content (AvgIpc) is 2.45. The first-order valence-corrected chi connectivity index (χ1v) is 8.22. The summed E-state index contributed by atoms with van der Waals surface area (Å²) in [6.45, 7) is 2.98. The number of ether oxygens (including phenoxy) is 1. The van der Waals surface area contributed by atoms with Crippen molar-refractivity contribution in [3.05, 3.63) is 12.2 Å². The van der Waals surface area contributed by atoms with E-state index in [1.54, 1.807) is 0 Å². The molecular formula is C17H32O3. The minimum atomic E-state index is -0.0773. The molecule has 0 aromatic rings. The molecule has 0 unspecified atom stereocenters. The fourth-order valence-electron chi connectivity index (χ4n) is 1.97. The Hall–Kier alpha value is -0.830. The van der Waals surface area contributed by atoms with E-state index in [2.05, 4.69) is 19.1 Å². The number of allylic oxidation sites excluding steroid dienone is 1. The fraction of sp³-hybridized carbons (Fsp3) is 0.824. The summed E-state index contributed by atoms with van der Waals surface area (Å²) in [6.07, 6.45) is 15.5. The first-order valence-electron chi connectivity index (χ1n) is 8.22. The van der Waals surface area contributed by atoms with Crippen LogP contribution in [0, 0.1) is 0 Å². The second kappa shape index (κ2) is 16.2. The molecule has 0 saturated carbocycles. The van der Waals surface area contributed by atoms with E-state index in [0.29, 0.717) is 13.0 Å². The fourth-order valence-corrected chi connectivity index (χ4v) is 1.97. The molecule has 1 N–H and O–H groups in total. The third kappa shape index (κ3) is 15.2. The second-order valence-corrected chi connectivity index (χ2v) is 5.22. The van der Waals surface area contributed by atoms with Crippen LogP contribution >= 0.6 is 0 Å². The SMILES string of the molecule is CCCCC/C=C\CCOC(=O)CCCCCCCO. The van der Waals surface area contributed by atoms with Crippen LogP contribution in [0.25, 0.3) is 0 Å². The zero-order chi connectivity index (χ0) is 14.9. The van der Waals surface area contributed by atoms with Gasteiger partial charge in [-0.3, -0.25) is 4.79 Å². The van der Waals surface area contributed by atoms with Crippen molar-refractivity contribution in [2.75, 3.05) is 13.2 Å². The van der Waals surface area contributed by atoms with Crippen LogP contribution in [0.2, 0.25) is 0 Å². The van der Waals surface area contributed by atoms with E-state index in [-0.39, 0.29) is 12.6 Å². The molecule has 0 aliphatic heterocycles. The number of hydrogen-bond donors (Lipinski definition) is 1. The average molecular weight is 284 g/mol. The molecule has 0 fully saturated rings. The predicted octanol–water partition coefficient (Wildman–Crippen LogP) is 4.39. The van der Waals surface area contributed by atoms with Gasteiger partial charge in [0, 0.05) is 13.0 Å². The molecule has 0 radical (unpaired) electrons. The summed E-state index contributed by atoms with van der Waals surface area (Å²) in [5.41, 5.74) is 0. The molecule has 0 aromatic heterocycles. The van der Waals surface area contributed by atoms with Crippen molar-refractivity contribution in [2.45, 2.75) is 77.6 Å². The Morgan fingerprint density at radius 2 is 1.65 bits per heavy atom. The van der Waals surface area contributed by atoms with Crippen LogP contribution in [-0.2, 0) is 9.53 Å². The van der Waals surface area contributed by atoms with Gasteiger partial charge in [0.15, 0.2) is 0 Å². The molecule has 0 atom stereocenters. The van der Waals surface area contributed by atoms with Gasteiger partial charge in [0.2, 0.25) is 0 Å². The molecule has 118 valence electrons. The maximum atomic E-state index is 11.4. The highest BCUT2D eigenvalue weighted by Gasteiger charge is 2.01. The summed E-state index contributed by atoms with van der Waals surface area (Å²) in [4.78, 5) is 11.4. The van der Waals surface area contributed by atoms with Crippen LogP contribution in [0.1, 0.15) is 77.6 Å². The smallest absolute Gasteiger partial charge is 0.305 e. The van der Waals surface area contributed by atoms with Gasteiger partial charge in [-0.1, -0.05) is 51.2 Å². The molecule has 0 aliphatic rings. The van der Waals surface area contributed by atoms with Crippen molar-refractivity contribution >= 4 is 5.97 Å². The largest absolute Gasteiger partial charge is 0.465 e. The lowest BCUT2D eigenvalue weighted by Gasteiger charge is -2.03. The summed E-state index contributed by atoms with van der Waals surface area (Å²) >= 11 is 0. The van der Waals surface area contributed by atoms with Crippen LogP contribution in [0.3, 0.4) is 0 Å². The number of carbonyl (C=O) groups excluding carboxylic acids is 1. The first kappa shape index (κ1) is 19.2. The third-order valence-electron chi connectivity index (χ3n) is 3.23. The maximum Gasteiger partial charge on any atom is 0.305 e. The third-order valence-corrected chi connectivity index (χ3v) is 3.23. The van der Waals surface area contributed by atoms with E-state index < -0.39 is 0 Å². The molecule has 0 spiro atoms. The lowest BCUT2D eigenvalue weighted by atomic mass is 10.1. The Balaban J connectivity index is 3.24. The zero-order valence-electron chi connectivity index (χ0n) is 13.1. The van der Waals surface area contributed by atoms with E-state index in [9.17, 15) is 4.79 Å². The zero-order valence-corrected chi connectivity index (χ0v) is 13.1. The van der Waals surface area contributed by atoms with E-state index in [0.717, 1.165) is 44.9 Å². The number of esters is 1. The van der Waals surface area contributed by atoms with Crippen LogP contribution in [0.4, 0.5) is 0 Å². The van der Waals surface area contributed by atoms with Crippen molar-refractivity contribution in [1.29, 1.82) is 0 Å². The van der Waals surface area contributed by atoms with Crippen molar-refractivity contribution in [3.8, 4) is 0 Å². The highest BCUT2D eigenvalue weighted by Crippen LogP contribution is 2.06. The van der Waals surface area contributed by atoms with E-state index in [1.165, 1.54) is 19.3 Å². The van der Waals surface area contributed by atoms with Crippen LogP contribution in [-0.4, -0.2) is 24.3 Å². The molecule has 0 aliphatic carbocycles. The summed E-state index contributed by atoms with van der Waals surface area (Å²) in [5, 5.41) is 8.63. The summed E-state index contributed by atoms with van der Waals surface area (Å²) in [6, 6.07) is 0. The highest BCUT2D eigenvalue weighted by molar-refractivity contribution is 5.69. The summed E-state index contributed by atoms with van der Waals surface area (Å²) in [7, 11) is 0. The number of unbranched alkanes of at least 4 members (excludes halogenated alkanes) is 7. The Morgan fingerprint density at radius 3 is 2.40 bits per heavy atom. The second-order valence-electron chi connectivity index (χ2n) is 5.22. The minimum absolute atomic E-state index is 0.0773. The Morgan fingerprint density at radius 1 is 0.950 bits per heavy atom. The van der Waals surface area contributed by atoms with Gasteiger partial charge in [-0.25, -0.2) is 0 Å². The molecule has 20 heavy (non-hydrogen) atoms. The molecular weight excluding hydrogens is 252 g/mol. The molecule has 0 saturated heterocycles. The van der Waals surface area contributed by atoms with Crippen molar-refractivity contribution in [1.82, 2.24) is 0 Å². The summed E-state index contributed by atoms with van der Waals surface area (Å²) < 4.78 is 5.17. The number of rotatable bonds is 14. The van der Waals surface area contributed by atoms with E-state index in [4.69, 9.17) is 9.84 Å². The lowest BCUT2D eigenvalue weighted by Crippen LogP contribution is -2.05. The number of aliphatic hydroxyl groups is 1. The van der Waals surface area contributed by atoms with Gasteiger partial charge >= 0.3 is 5.97 Å². The molecule has 3 heteroatoms. The van der Waals surface area contributed by atoms with Gasteiger partial charge < -0.3 is 9.84 Å². The molecule has 0 rings (SSSR count). The van der Waals surface area contributed by atoms with Crippen LogP contribution < -0.4 is 0 Å². The molecule has 0 bridgehead atoms. The van der Waals surface area contributed by atoms with E-state index in [1.807, 2.05) is 0 Å². The van der Waals surface area contributed by atoms with Crippen molar-refractivity contribution in [3.63, 3.8) is 0 Å². The first-order chi connectivity index (χ1) is 9.81. The standard InChI is InChI=1S/C17H32O3/c1-2-3-4-5-6-10-13-16-20-17(19)14-11-8-7-9-12-15-18/h6,10,18H,2-5,7-9,11-16H2,1H3/b10-6-. The minimum Gasteiger partial charge on any atom is -0.465 e. The summed E-state index contributed by atoms with van der Waals surface area (Å²) in [5.74, 6) is -0.0773. The molecule has 0 aromatic carbocycles. The quantitative estimate of drug-likeness (QED) is 0.292. The Bertz CT molecular complexity index is 236. The van der Waals surface area contributed by atoms with Crippen LogP contribution in [0.15, 0.2) is 12.2 Å². The van der Waals surface area contributed by atoms with Gasteiger partial charge in [-0.15, -0.1) is 0 Å². The van der Waals surface area contributed by atoms with Gasteiger partial charge in [0.25, 0.3) is 0 Å². The van der Waals surface area contributed by atoms with Gasteiger partial charge in [0.1, 0.15) is 0 Å². The van der Waals surface area contributed by atoms with Crippen molar-refractivity contribution in [2.24, 2.45) is 0 Å². The monoisotopic (exact) mass is 284 g/mol. The molecule has 0 amide bonds. The highest BCUT2D eigenvalue weighted by atomic mass is 16.5. The lowest BCUT2D eigenvalue weighted by molar-refractivity contribution is -0.143. The van der Waals surface area contributed by atoms with Gasteiger partial charge in [0.05, 0.1) is 6.61 Å². The number of carbonyl (C=O) groups is 1. The van der Waals surface area contributed by atoms with Crippen LogP contribution in [0.5, 0.6) is 0 Å². The maximum absolute atomic E-state index is 11.4. The van der Waals surface area contributed by atoms with Crippen molar-refractivity contribution < 1.29 is 14.6 Å². The Labute approximate surface area is 124 Å². The van der Waals surface area contributed by atoms with Gasteiger partial charge in [-0.05, 0) is 32.1 Å². The normalized spacial score (nSPS) is 11.1.